The number of hydrogen-bond donors (Lipinski definition) is 2. The second-order valence-corrected chi connectivity index (χ2v) is 12.0. The van der Waals surface area contributed by atoms with Gasteiger partial charge >= 0.3 is 59.1 Å². The van der Waals surface area contributed by atoms with Crippen LogP contribution in [0.2, 0.25) is 0 Å². The van der Waals surface area contributed by atoms with E-state index in [1.165, 1.54) is 0 Å². The van der Waals surface area contributed by atoms with Gasteiger partial charge in [-0.25, -0.2) is 0 Å². The Morgan fingerprint density at radius 1 is 0.379 bits per heavy atom. The van der Waals surface area contributed by atoms with Gasteiger partial charge in [0.1, 0.15) is 23.0 Å². The quantitative estimate of drug-likeness (QED) is 0.0811. The first-order valence-corrected chi connectivity index (χ1v) is 17.6. The van der Waals surface area contributed by atoms with Crippen molar-refractivity contribution in [3.05, 3.63) is 193 Å². The molecule has 8 aromatic rings. The molecule has 0 aliphatic carbocycles. The monoisotopic (exact) mass is 778 g/mol. The van der Waals surface area contributed by atoms with Crippen molar-refractivity contribution in [2.45, 2.75) is 0 Å². The predicted octanol–water partition coefficient (Wildman–Crippen LogP) is 5.70. The van der Waals surface area contributed by atoms with Crippen LogP contribution in [-0.4, -0.2) is 19.9 Å². The van der Waals surface area contributed by atoms with E-state index in [0.717, 1.165) is 22.5 Å². The first kappa shape index (κ1) is 41.6. The molecule has 2 aromatic heterocycles. The van der Waals surface area contributed by atoms with Crippen molar-refractivity contribution in [3.63, 3.8) is 0 Å². The molecule has 0 atom stereocenters. The van der Waals surface area contributed by atoms with Gasteiger partial charge in [-0.05, 0) is 59.9 Å². The Labute approximate surface area is 380 Å². The number of aromatic nitrogens is 4. The summed E-state index contributed by atoms with van der Waals surface area (Å²) in [6, 6.07) is 58.9. The molecule has 2 heterocycles. The summed E-state index contributed by atoms with van der Waals surface area (Å²) in [5, 5.41) is 6.48. The molecule has 0 aliphatic heterocycles. The first-order chi connectivity index (χ1) is 27.6. The maximum Gasteiger partial charge on any atom is 1.00 e. The molecular formula is C46H32N6Na2O4. The minimum absolute atomic E-state index is 0. The minimum atomic E-state index is 0. The number of nitrogens with one attached hydrogen (secondary N) is 2. The molecule has 10 nitrogen and oxygen atoms in total. The van der Waals surface area contributed by atoms with E-state index < -0.39 is 0 Å². The molecule has 272 valence electrons. The molecule has 0 saturated carbocycles. The van der Waals surface area contributed by atoms with Crippen LogP contribution < -0.4 is 88.7 Å². The van der Waals surface area contributed by atoms with Crippen molar-refractivity contribution < 1.29 is 78.1 Å². The third-order valence-corrected chi connectivity index (χ3v) is 7.85. The summed E-state index contributed by atoms with van der Waals surface area (Å²) in [4.78, 5) is 18.2. The largest absolute Gasteiger partial charge is 1.00 e. The molecule has 8 rings (SSSR count). The van der Waals surface area contributed by atoms with Gasteiger partial charge in [0.25, 0.3) is 0 Å². The van der Waals surface area contributed by atoms with Crippen LogP contribution in [0.15, 0.2) is 170 Å². The Kier molecular flexibility index (Phi) is 15.1. The first-order valence-electron chi connectivity index (χ1n) is 17.6. The van der Waals surface area contributed by atoms with Crippen LogP contribution in [-0.2, 0) is 0 Å². The molecule has 0 spiro atoms. The zero-order chi connectivity index (χ0) is 37.8. The number of benzene rings is 6. The number of hydrogen-bond acceptors (Lipinski definition) is 10. The molecule has 0 amide bonds. The van der Waals surface area contributed by atoms with Gasteiger partial charge < -0.3 is 29.6 Å². The van der Waals surface area contributed by atoms with E-state index in [4.69, 9.17) is 18.9 Å². The van der Waals surface area contributed by atoms with Crippen LogP contribution in [0.5, 0.6) is 46.5 Å². The fourth-order valence-electron chi connectivity index (χ4n) is 5.24. The molecule has 0 fully saturated rings. The maximum absolute atomic E-state index is 6.00. The van der Waals surface area contributed by atoms with Gasteiger partial charge in [-0.1, -0.05) is 72.8 Å². The Bertz CT molecular complexity index is 2220. The summed E-state index contributed by atoms with van der Waals surface area (Å²) >= 11 is 0. The van der Waals surface area contributed by atoms with E-state index in [-0.39, 0.29) is 59.1 Å². The van der Waals surface area contributed by atoms with Gasteiger partial charge in [0.15, 0.2) is 0 Å². The fraction of sp³-hybridized carbons (Fsp3) is 0. The minimum Gasteiger partial charge on any atom is -0.439 e. The molecule has 0 aliphatic rings. The van der Waals surface area contributed by atoms with Crippen molar-refractivity contribution in [1.82, 2.24) is 19.9 Å². The van der Waals surface area contributed by atoms with E-state index in [9.17, 15) is 0 Å². The van der Waals surface area contributed by atoms with Gasteiger partial charge in [-0.3, -0.25) is 0 Å². The van der Waals surface area contributed by atoms with Crippen molar-refractivity contribution in [2.75, 3.05) is 10.6 Å². The number of anilines is 4. The topological polar surface area (TPSA) is 113 Å². The van der Waals surface area contributed by atoms with Gasteiger partial charge in [0.05, 0.1) is 12.1 Å². The zero-order valence-corrected chi connectivity index (χ0v) is 35.7. The summed E-state index contributed by atoms with van der Waals surface area (Å²) in [7, 11) is 0. The number of rotatable bonds is 14. The zero-order valence-electron chi connectivity index (χ0n) is 31.7. The standard InChI is InChI=1S/C46H32N6O4.2Na/c1-5-13-37(14-6-1)53-41-31-42(54-38-15-7-2-8-16-38)50-45(49-41)47-35-27-23-33(24-28-35)21-22-34-25-29-36(30-26-34)48-46-51-43(55-39-17-9-3-10-18-39)32-44(52-46)56-40-19-11-4-12-20-40;;/h1-23,25,27-32H,(H,47,49,50)(H,48,51,52);;/q-2;2*+1. The molecular weight excluding hydrogens is 747 g/mol. The van der Waals surface area contributed by atoms with Crippen molar-refractivity contribution in [1.29, 1.82) is 0 Å². The average Bonchev–Trinajstić information content (AvgIpc) is 3.22. The summed E-state index contributed by atoms with van der Waals surface area (Å²) in [5.41, 5.74) is 3.22. The Balaban J connectivity index is 0.00000283. The SMILES string of the molecule is [Na+].[Na+].[c-]1cc(Nc2nc(Oc3ccccc3)cc(Oc3ccccc3)n2)ccc1C=Cc1[c-]cc(Nc2nc(Oc3ccccc3)cc(Oc3ccccc3)n2)cc1. The number of nitrogens with zero attached hydrogens (tertiary/aromatic N) is 4. The van der Waals surface area contributed by atoms with E-state index in [2.05, 4.69) is 42.7 Å². The van der Waals surface area contributed by atoms with E-state index in [1.54, 1.807) is 12.1 Å². The van der Waals surface area contributed by atoms with E-state index >= 15 is 0 Å². The molecule has 0 bridgehead atoms. The third-order valence-electron chi connectivity index (χ3n) is 7.85. The summed E-state index contributed by atoms with van der Waals surface area (Å²) in [6.45, 7) is 0. The molecule has 58 heavy (non-hydrogen) atoms. The van der Waals surface area contributed by atoms with Gasteiger partial charge in [0.2, 0.25) is 35.4 Å². The van der Waals surface area contributed by atoms with Crippen LogP contribution in [0, 0.1) is 12.1 Å². The van der Waals surface area contributed by atoms with Crippen LogP contribution >= 0.6 is 0 Å². The second-order valence-electron chi connectivity index (χ2n) is 12.0. The molecule has 12 heteroatoms. The van der Waals surface area contributed by atoms with Crippen molar-refractivity contribution >= 4 is 35.4 Å². The van der Waals surface area contributed by atoms with Crippen LogP contribution in [0.25, 0.3) is 12.2 Å². The predicted molar refractivity (Wildman–Crippen MR) is 216 cm³/mol. The Morgan fingerprint density at radius 3 is 0.931 bits per heavy atom. The smallest absolute Gasteiger partial charge is 0.439 e. The fourth-order valence-corrected chi connectivity index (χ4v) is 5.24. The molecule has 2 N–H and O–H groups in total. The van der Waals surface area contributed by atoms with Gasteiger partial charge in [-0.2, -0.15) is 43.2 Å². The summed E-state index contributed by atoms with van der Waals surface area (Å²) in [6.07, 6.45) is 3.92. The van der Waals surface area contributed by atoms with Crippen molar-refractivity contribution in [3.8, 4) is 46.5 Å². The molecule has 0 saturated heterocycles. The normalized spacial score (nSPS) is 10.4. The van der Waals surface area contributed by atoms with Gasteiger partial charge in [-0.15, -0.1) is 48.5 Å². The number of para-hydroxylation sites is 4. The van der Waals surface area contributed by atoms with Crippen LogP contribution in [0.4, 0.5) is 23.3 Å². The van der Waals surface area contributed by atoms with E-state index in [0.29, 0.717) is 58.4 Å². The van der Waals surface area contributed by atoms with Gasteiger partial charge in [0, 0.05) is 0 Å². The maximum atomic E-state index is 6.00. The van der Waals surface area contributed by atoms with Crippen LogP contribution in [0.3, 0.4) is 0 Å². The summed E-state index contributed by atoms with van der Waals surface area (Å²) in [5.74, 6) is 4.54. The average molecular weight is 779 g/mol. The van der Waals surface area contributed by atoms with E-state index in [1.807, 2.05) is 170 Å². The van der Waals surface area contributed by atoms with Crippen molar-refractivity contribution in [2.24, 2.45) is 0 Å². The third kappa shape index (κ3) is 12.3. The second kappa shape index (κ2) is 21.0. The van der Waals surface area contributed by atoms with Crippen LogP contribution in [0.1, 0.15) is 11.1 Å². The molecule has 0 radical (unpaired) electrons. The summed E-state index contributed by atoms with van der Waals surface area (Å²) < 4.78 is 24.0. The molecule has 6 aromatic carbocycles. The number of ether oxygens (including phenoxy) is 4. The molecule has 0 unspecified atom stereocenters. The Hall–Kier alpha value is -5.98. The Morgan fingerprint density at radius 2 is 0.672 bits per heavy atom.